The highest BCUT2D eigenvalue weighted by molar-refractivity contribution is 9.12. The van der Waals surface area contributed by atoms with Gasteiger partial charge in [0.05, 0.1) is 0 Å². The molecule has 0 aromatic heterocycles. The quantitative estimate of drug-likeness (QED) is 0.640. The Morgan fingerprint density at radius 3 is 1.85 bits per heavy atom. The van der Waals surface area contributed by atoms with Crippen LogP contribution in [0.3, 0.4) is 0 Å². The molecule has 0 radical (unpaired) electrons. The third-order valence-electron chi connectivity index (χ3n) is 3.38. The lowest BCUT2D eigenvalue weighted by molar-refractivity contribution is 0.771. The van der Waals surface area contributed by atoms with E-state index in [1.54, 1.807) is 11.1 Å². The zero-order valence-electron chi connectivity index (χ0n) is 7.08. The van der Waals surface area contributed by atoms with Gasteiger partial charge in [0.1, 0.15) is 0 Å². The monoisotopic (exact) mass is 300 g/mol. The molecule has 1 aromatic rings. The lowest BCUT2D eigenvalue weighted by Crippen LogP contribution is -2.21. The number of fused-ring (bicyclic) bond motifs is 5. The van der Waals surface area contributed by atoms with E-state index in [0.29, 0.717) is 9.65 Å². The van der Waals surface area contributed by atoms with E-state index in [4.69, 9.17) is 0 Å². The summed E-state index contributed by atoms with van der Waals surface area (Å²) in [5, 5.41) is 0. The number of hydrogen-bond acceptors (Lipinski definition) is 0. The fourth-order valence-electron chi connectivity index (χ4n) is 2.76. The lowest BCUT2D eigenvalue weighted by atomic mass is 9.92. The van der Waals surface area contributed by atoms with Crippen LogP contribution in [0.2, 0.25) is 0 Å². The second-order valence-corrected chi connectivity index (χ2v) is 6.08. The predicted molar refractivity (Wildman–Crippen MR) is 62.0 cm³/mol. The van der Waals surface area contributed by atoms with Crippen molar-refractivity contribution >= 4 is 31.9 Å². The average Bonchev–Trinajstić information content (AvgIpc) is 2.66. The number of benzene rings is 1. The van der Waals surface area contributed by atoms with Gasteiger partial charge in [0.15, 0.2) is 0 Å². The van der Waals surface area contributed by atoms with Crippen molar-refractivity contribution in [2.24, 2.45) is 0 Å². The molecule has 1 saturated carbocycles. The molecule has 0 unspecified atom stereocenters. The predicted octanol–water partition coefficient (Wildman–Crippen LogP) is 3.80. The van der Waals surface area contributed by atoms with Crippen LogP contribution in [0.5, 0.6) is 0 Å². The Hall–Kier alpha value is 0.180. The Bertz CT molecular complexity index is 315. The van der Waals surface area contributed by atoms with Gasteiger partial charge < -0.3 is 0 Å². The Balaban J connectivity index is 2.16. The number of alkyl halides is 2. The standard InChI is InChI=1S/C11H10Br2/c12-10-8-5-9(11(10)13)7-4-2-1-3-6(7)8/h1-4,8-11H,5H2/t8-,9+,10-,11-/m1/s1. The zero-order chi connectivity index (χ0) is 9.00. The van der Waals surface area contributed by atoms with Crippen LogP contribution in [-0.2, 0) is 0 Å². The Morgan fingerprint density at radius 1 is 0.923 bits per heavy atom. The molecule has 2 bridgehead atoms. The molecule has 0 amide bonds. The van der Waals surface area contributed by atoms with Gasteiger partial charge in [-0.25, -0.2) is 0 Å². The van der Waals surface area contributed by atoms with Crippen molar-refractivity contribution in [3.63, 3.8) is 0 Å². The highest BCUT2D eigenvalue weighted by Gasteiger charge is 2.48. The van der Waals surface area contributed by atoms with E-state index in [1.807, 2.05) is 0 Å². The second kappa shape index (κ2) is 2.83. The molecule has 2 aliphatic rings. The summed E-state index contributed by atoms with van der Waals surface area (Å²) in [6.45, 7) is 0. The van der Waals surface area contributed by atoms with Crippen LogP contribution in [-0.4, -0.2) is 9.65 Å². The third kappa shape index (κ3) is 1.02. The molecule has 1 fully saturated rings. The van der Waals surface area contributed by atoms with Crippen molar-refractivity contribution in [1.29, 1.82) is 0 Å². The van der Waals surface area contributed by atoms with E-state index in [2.05, 4.69) is 56.1 Å². The van der Waals surface area contributed by atoms with Crippen LogP contribution in [0.1, 0.15) is 29.4 Å². The first-order valence-electron chi connectivity index (χ1n) is 4.66. The molecule has 0 N–H and O–H groups in total. The molecule has 3 rings (SSSR count). The summed E-state index contributed by atoms with van der Waals surface area (Å²) in [6, 6.07) is 8.88. The van der Waals surface area contributed by atoms with E-state index in [-0.39, 0.29) is 0 Å². The minimum absolute atomic E-state index is 0.632. The van der Waals surface area contributed by atoms with Gasteiger partial charge in [-0.3, -0.25) is 0 Å². The van der Waals surface area contributed by atoms with Crippen molar-refractivity contribution in [2.75, 3.05) is 0 Å². The smallest absolute Gasteiger partial charge is 0.0345 e. The van der Waals surface area contributed by atoms with Crippen molar-refractivity contribution in [1.82, 2.24) is 0 Å². The maximum absolute atomic E-state index is 3.78. The average molecular weight is 302 g/mol. The van der Waals surface area contributed by atoms with Gasteiger partial charge in [0, 0.05) is 9.65 Å². The summed E-state index contributed by atoms with van der Waals surface area (Å²) in [6.07, 6.45) is 1.32. The first-order valence-corrected chi connectivity index (χ1v) is 6.49. The number of rotatable bonds is 0. The van der Waals surface area contributed by atoms with E-state index < -0.39 is 0 Å². The largest absolute Gasteiger partial charge is 0.0872 e. The summed E-state index contributed by atoms with van der Waals surface area (Å²) in [5.74, 6) is 1.48. The normalized spacial score (nSPS) is 40.8. The highest BCUT2D eigenvalue weighted by Crippen LogP contribution is 2.57. The molecular formula is C11H10Br2. The summed E-state index contributed by atoms with van der Waals surface area (Å²) >= 11 is 7.57. The highest BCUT2D eigenvalue weighted by atomic mass is 79.9. The first-order chi connectivity index (χ1) is 6.29. The van der Waals surface area contributed by atoms with Crippen LogP contribution in [0, 0.1) is 0 Å². The van der Waals surface area contributed by atoms with Crippen LogP contribution < -0.4 is 0 Å². The molecule has 68 valence electrons. The molecule has 0 spiro atoms. The van der Waals surface area contributed by atoms with Gasteiger partial charge in [-0.05, 0) is 29.4 Å². The molecule has 0 heterocycles. The maximum Gasteiger partial charge on any atom is 0.0345 e. The Labute approximate surface area is 95.0 Å². The van der Waals surface area contributed by atoms with Crippen molar-refractivity contribution in [3.8, 4) is 0 Å². The van der Waals surface area contributed by atoms with Gasteiger partial charge in [0.2, 0.25) is 0 Å². The van der Waals surface area contributed by atoms with Crippen LogP contribution >= 0.6 is 31.9 Å². The van der Waals surface area contributed by atoms with Crippen molar-refractivity contribution < 1.29 is 0 Å². The number of hydrogen-bond donors (Lipinski definition) is 0. The fourth-order valence-corrected chi connectivity index (χ4v) is 4.50. The Morgan fingerprint density at radius 2 is 1.38 bits per heavy atom. The molecule has 13 heavy (non-hydrogen) atoms. The number of halogens is 2. The maximum atomic E-state index is 3.78. The van der Waals surface area contributed by atoms with Gasteiger partial charge in [-0.15, -0.1) is 0 Å². The molecule has 0 saturated heterocycles. The third-order valence-corrected chi connectivity index (χ3v) is 6.50. The van der Waals surface area contributed by atoms with E-state index in [0.717, 1.165) is 11.8 Å². The van der Waals surface area contributed by atoms with Gasteiger partial charge in [-0.1, -0.05) is 56.1 Å². The van der Waals surface area contributed by atoms with Gasteiger partial charge in [-0.2, -0.15) is 0 Å². The summed E-state index contributed by atoms with van der Waals surface area (Å²) < 4.78 is 0. The van der Waals surface area contributed by atoms with E-state index >= 15 is 0 Å². The molecule has 2 aliphatic carbocycles. The lowest BCUT2D eigenvalue weighted by Gasteiger charge is -2.24. The van der Waals surface area contributed by atoms with E-state index in [9.17, 15) is 0 Å². The molecular weight excluding hydrogens is 292 g/mol. The minimum atomic E-state index is 0.632. The Kier molecular flexibility index (Phi) is 1.85. The van der Waals surface area contributed by atoms with Crippen LogP contribution in [0.15, 0.2) is 24.3 Å². The minimum Gasteiger partial charge on any atom is -0.0872 e. The van der Waals surface area contributed by atoms with Crippen molar-refractivity contribution in [2.45, 2.75) is 27.9 Å². The summed E-state index contributed by atoms with van der Waals surface area (Å²) in [7, 11) is 0. The van der Waals surface area contributed by atoms with Crippen molar-refractivity contribution in [3.05, 3.63) is 35.4 Å². The fraction of sp³-hybridized carbons (Fsp3) is 0.455. The van der Waals surface area contributed by atoms with E-state index in [1.165, 1.54) is 6.42 Å². The van der Waals surface area contributed by atoms with Crippen LogP contribution in [0.4, 0.5) is 0 Å². The molecule has 1 aromatic carbocycles. The summed E-state index contributed by atoms with van der Waals surface area (Å²) in [4.78, 5) is 1.26. The van der Waals surface area contributed by atoms with Gasteiger partial charge >= 0.3 is 0 Å². The first kappa shape index (κ1) is 8.49. The molecule has 4 atom stereocenters. The molecule has 0 aliphatic heterocycles. The molecule has 2 heteroatoms. The topological polar surface area (TPSA) is 0 Å². The summed E-state index contributed by atoms with van der Waals surface area (Å²) in [5.41, 5.74) is 3.15. The zero-order valence-corrected chi connectivity index (χ0v) is 10.3. The second-order valence-electron chi connectivity index (χ2n) is 3.97. The SMILES string of the molecule is Br[C@H]1[C@H](Br)[C@H]2C[C@@H]1c1ccccc12. The van der Waals surface area contributed by atoms with Gasteiger partial charge in [0.25, 0.3) is 0 Å². The van der Waals surface area contributed by atoms with Crippen LogP contribution in [0.25, 0.3) is 0 Å². The molecule has 0 nitrogen and oxygen atoms in total.